The van der Waals surface area contributed by atoms with Gasteiger partial charge in [0.2, 0.25) is 15.9 Å². The van der Waals surface area contributed by atoms with Crippen molar-refractivity contribution >= 4 is 27.6 Å². The van der Waals surface area contributed by atoms with Gasteiger partial charge in [-0.25, -0.2) is 13.2 Å². The van der Waals surface area contributed by atoms with Crippen LogP contribution in [0, 0.1) is 17.0 Å². The molecule has 0 aromatic heterocycles. The van der Waals surface area contributed by atoms with E-state index in [0.717, 1.165) is 38.2 Å². The van der Waals surface area contributed by atoms with E-state index in [4.69, 9.17) is 0 Å². The van der Waals surface area contributed by atoms with Gasteiger partial charge in [-0.3, -0.25) is 25.1 Å². The van der Waals surface area contributed by atoms with Crippen molar-refractivity contribution in [3.63, 3.8) is 0 Å². The zero-order valence-electron chi connectivity index (χ0n) is 19.0. The van der Waals surface area contributed by atoms with Crippen molar-refractivity contribution in [1.82, 2.24) is 19.8 Å². The number of carbonyl (C=O) groups is 2. The highest BCUT2D eigenvalue weighted by atomic mass is 32.2. The molecule has 11 nitrogen and oxygen atoms in total. The summed E-state index contributed by atoms with van der Waals surface area (Å²) in [6.45, 7) is 4.14. The summed E-state index contributed by atoms with van der Waals surface area (Å²) in [6, 6.07) is 2.77. The quantitative estimate of drug-likeness (QED) is 0.466. The van der Waals surface area contributed by atoms with Crippen LogP contribution in [-0.4, -0.2) is 72.7 Å². The molecular formula is C21H31N5O6S. The molecule has 1 aromatic rings. The number of hydrogen-bond donors (Lipinski definition) is 2. The minimum absolute atomic E-state index is 0.0877. The SMILES string of the molecule is Cc1ccc([N+](=O)[O-])cc1S(=O)(=O)N1CCN(C(C)C(=O)NC(=O)NC2CCCCC2)CC1. The average Bonchev–Trinajstić information content (AvgIpc) is 2.79. The van der Waals surface area contributed by atoms with Gasteiger partial charge in [-0.2, -0.15) is 4.31 Å². The second-order valence-corrected chi connectivity index (χ2v) is 10.5. The highest BCUT2D eigenvalue weighted by Crippen LogP contribution is 2.26. The van der Waals surface area contributed by atoms with Crippen LogP contribution in [0.4, 0.5) is 10.5 Å². The summed E-state index contributed by atoms with van der Waals surface area (Å²) in [5, 5.41) is 16.3. The number of nitrogens with one attached hydrogen (secondary N) is 2. The summed E-state index contributed by atoms with van der Waals surface area (Å²) in [6.07, 6.45) is 5.13. The van der Waals surface area contributed by atoms with E-state index in [0.29, 0.717) is 18.7 Å². The Kier molecular flexibility index (Phi) is 8.03. The molecule has 0 bridgehead atoms. The Morgan fingerprint density at radius 2 is 1.76 bits per heavy atom. The maximum absolute atomic E-state index is 13.1. The maximum atomic E-state index is 13.1. The number of nitrogens with zero attached hydrogens (tertiary/aromatic N) is 3. The van der Waals surface area contributed by atoms with Crippen LogP contribution < -0.4 is 10.6 Å². The average molecular weight is 482 g/mol. The molecule has 1 atom stereocenters. The lowest BCUT2D eigenvalue weighted by molar-refractivity contribution is -0.385. The number of imide groups is 1. The number of hydrogen-bond acceptors (Lipinski definition) is 7. The first-order chi connectivity index (χ1) is 15.6. The van der Waals surface area contributed by atoms with Crippen molar-refractivity contribution < 1.29 is 22.9 Å². The highest BCUT2D eigenvalue weighted by molar-refractivity contribution is 7.89. The van der Waals surface area contributed by atoms with Crippen LogP contribution in [0.1, 0.15) is 44.6 Å². The predicted octanol–water partition coefficient (Wildman–Crippen LogP) is 1.76. The van der Waals surface area contributed by atoms with Crippen molar-refractivity contribution in [2.45, 2.75) is 62.9 Å². The van der Waals surface area contributed by atoms with Crippen molar-refractivity contribution in [1.29, 1.82) is 0 Å². The molecule has 1 unspecified atom stereocenters. The van der Waals surface area contributed by atoms with Crippen molar-refractivity contribution in [2.75, 3.05) is 26.2 Å². The Balaban J connectivity index is 1.56. The van der Waals surface area contributed by atoms with Crippen molar-refractivity contribution in [2.24, 2.45) is 0 Å². The summed E-state index contributed by atoms with van der Waals surface area (Å²) in [5.41, 5.74) is 0.148. The molecule has 2 fully saturated rings. The van der Waals surface area contributed by atoms with Crippen molar-refractivity contribution in [3.8, 4) is 0 Å². The van der Waals surface area contributed by atoms with Gasteiger partial charge in [0.15, 0.2) is 0 Å². The van der Waals surface area contributed by atoms with Gasteiger partial charge in [0, 0.05) is 44.4 Å². The Morgan fingerprint density at radius 3 is 2.36 bits per heavy atom. The topological polar surface area (TPSA) is 142 Å². The number of benzene rings is 1. The lowest BCUT2D eigenvalue weighted by Gasteiger charge is -2.36. The molecule has 3 amide bonds. The molecule has 2 aliphatic rings. The van der Waals surface area contributed by atoms with E-state index in [9.17, 15) is 28.1 Å². The summed E-state index contributed by atoms with van der Waals surface area (Å²) in [5.74, 6) is -0.436. The van der Waals surface area contributed by atoms with Gasteiger partial charge in [-0.05, 0) is 32.3 Å². The molecule has 1 heterocycles. The fourth-order valence-electron chi connectivity index (χ4n) is 4.30. The third-order valence-corrected chi connectivity index (χ3v) is 8.42. The van der Waals surface area contributed by atoms with Crippen LogP contribution in [0.15, 0.2) is 23.1 Å². The fraction of sp³-hybridized carbons (Fsp3) is 0.619. The molecule has 3 rings (SSSR count). The largest absolute Gasteiger partial charge is 0.335 e. The molecule has 1 aliphatic heterocycles. The number of sulfonamides is 1. The van der Waals surface area contributed by atoms with Gasteiger partial charge in [0.25, 0.3) is 5.69 Å². The van der Waals surface area contributed by atoms with Crippen LogP contribution in [0.25, 0.3) is 0 Å². The van der Waals surface area contributed by atoms with E-state index in [-0.39, 0.29) is 29.7 Å². The Labute approximate surface area is 193 Å². The molecule has 1 aliphatic carbocycles. The van der Waals surface area contributed by atoms with Gasteiger partial charge in [-0.15, -0.1) is 0 Å². The molecule has 182 valence electrons. The monoisotopic (exact) mass is 481 g/mol. The molecule has 2 N–H and O–H groups in total. The first-order valence-corrected chi connectivity index (χ1v) is 12.6. The minimum Gasteiger partial charge on any atom is -0.335 e. The second-order valence-electron chi connectivity index (χ2n) is 8.62. The Morgan fingerprint density at radius 1 is 1.12 bits per heavy atom. The zero-order valence-corrected chi connectivity index (χ0v) is 19.8. The van der Waals surface area contributed by atoms with E-state index in [1.807, 2.05) is 4.90 Å². The molecule has 12 heteroatoms. The highest BCUT2D eigenvalue weighted by Gasteiger charge is 2.33. The number of aryl methyl sites for hydroxylation is 1. The van der Waals surface area contributed by atoms with Gasteiger partial charge >= 0.3 is 6.03 Å². The van der Waals surface area contributed by atoms with Crippen LogP contribution >= 0.6 is 0 Å². The number of rotatable bonds is 6. The van der Waals surface area contributed by atoms with Crippen LogP contribution in [0.2, 0.25) is 0 Å². The molecule has 1 saturated carbocycles. The van der Waals surface area contributed by atoms with Gasteiger partial charge in [0.1, 0.15) is 0 Å². The lowest BCUT2D eigenvalue weighted by atomic mass is 9.96. The summed E-state index contributed by atoms with van der Waals surface area (Å²) in [7, 11) is -3.92. The Bertz CT molecular complexity index is 1000. The third kappa shape index (κ3) is 6.06. The number of carbonyl (C=O) groups excluding carboxylic acids is 2. The number of nitro groups is 1. The summed E-state index contributed by atoms with van der Waals surface area (Å²) >= 11 is 0. The Hall–Kier alpha value is -2.57. The normalized spacial score (nSPS) is 19.6. The maximum Gasteiger partial charge on any atom is 0.321 e. The molecule has 1 aromatic carbocycles. The minimum atomic E-state index is -3.92. The summed E-state index contributed by atoms with van der Waals surface area (Å²) < 4.78 is 27.4. The fourth-order valence-corrected chi connectivity index (χ4v) is 5.97. The number of amides is 3. The number of non-ortho nitro benzene ring substituents is 1. The van der Waals surface area contributed by atoms with Crippen LogP contribution in [0.3, 0.4) is 0 Å². The number of urea groups is 1. The smallest absolute Gasteiger partial charge is 0.321 e. The van der Waals surface area contributed by atoms with E-state index in [2.05, 4.69) is 10.6 Å². The molecular weight excluding hydrogens is 450 g/mol. The number of piperazine rings is 1. The predicted molar refractivity (Wildman–Crippen MR) is 121 cm³/mol. The lowest BCUT2D eigenvalue weighted by Crippen LogP contribution is -2.56. The second kappa shape index (κ2) is 10.6. The first kappa shape index (κ1) is 25.1. The summed E-state index contributed by atoms with van der Waals surface area (Å²) in [4.78, 5) is 36.9. The van der Waals surface area contributed by atoms with E-state index in [1.165, 1.54) is 16.4 Å². The van der Waals surface area contributed by atoms with E-state index >= 15 is 0 Å². The molecule has 0 spiro atoms. The first-order valence-electron chi connectivity index (χ1n) is 11.2. The van der Waals surface area contributed by atoms with Crippen LogP contribution in [-0.2, 0) is 14.8 Å². The molecule has 33 heavy (non-hydrogen) atoms. The van der Waals surface area contributed by atoms with E-state index in [1.54, 1.807) is 13.8 Å². The van der Waals surface area contributed by atoms with Gasteiger partial charge < -0.3 is 5.32 Å². The van der Waals surface area contributed by atoms with Crippen molar-refractivity contribution in [3.05, 3.63) is 33.9 Å². The van der Waals surface area contributed by atoms with Crippen LogP contribution in [0.5, 0.6) is 0 Å². The van der Waals surface area contributed by atoms with E-state index < -0.39 is 32.9 Å². The van der Waals surface area contributed by atoms with Gasteiger partial charge in [-0.1, -0.05) is 25.3 Å². The molecule has 0 radical (unpaired) electrons. The standard InChI is InChI=1S/C21H31N5O6S/c1-15-8-9-18(26(29)30)14-19(15)33(31,32)25-12-10-24(11-13-25)16(2)20(27)23-21(28)22-17-6-4-3-5-7-17/h8-9,14,16-17H,3-7,10-13H2,1-2H3,(H2,22,23,27,28). The third-order valence-electron chi connectivity index (χ3n) is 6.38. The number of nitro benzene ring substituents is 1. The molecule has 1 saturated heterocycles. The van der Waals surface area contributed by atoms with Gasteiger partial charge in [0.05, 0.1) is 15.9 Å². The zero-order chi connectivity index (χ0) is 24.2.